The van der Waals surface area contributed by atoms with Gasteiger partial charge in [-0.25, -0.2) is 9.18 Å². The Labute approximate surface area is 167 Å². The van der Waals surface area contributed by atoms with Gasteiger partial charge in [-0.05, 0) is 36.6 Å². The largest absolute Gasteiger partial charge is 0.488 e. The minimum Gasteiger partial charge on any atom is -0.488 e. The van der Waals surface area contributed by atoms with Gasteiger partial charge in [-0.15, -0.1) is 0 Å². The Morgan fingerprint density at radius 2 is 1.90 bits per heavy atom. The molecule has 0 N–H and O–H groups in total. The number of benzene rings is 2. The van der Waals surface area contributed by atoms with E-state index in [1.165, 1.54) is 31.4 Å². The second-order valence-corrected chi connectivity index (χ2v) is 6.89. The zero-order valence-electron chi connectivity index (χ0n) is 16.0. The predicted molar refractivity (Wildman–Crippen MR) is 107 cm³/mol. The number of aromatic nitrogens is 1. The topological polar surface area (TPSA) is 57.5 Å². The maximum absolute atomic E-state index is 13.9. The van der Waals surface area contributed by atoms with Gasteiger partial charge in [0.15, 0.2) is 0 Å². The minimum absolute atomic E-state index is 0.221. The van der Waals surface area contributed by atoms with Crippen LogP contribution in [0.3, 0.4) is 0 Å². The number of hydrogen-bond donors (Lipinski definition) is 0. The van der Waals surface area contributed by atoms with E-state index in [1.807, 2.05) is 30.3 Å². The summed E-state index contributed by atoms with van der Waals surface area (Å²) in [6, 6.07) is 15.1. The molecule has 1 aliphatic heterocycles. The lowest BCUT2D eigenvalue weighted by atomic mass is 10.0. The van der Waals surface area contributed by atoms with Crippen LogP contribution in [0.5, 0.6) is 5.75 Å². The molecular weight excluding hydrogens is 373 g/mol. The van der Waals surface area contributed by atoms with Crippen molar-refractivity contribution in [2.75, 3.05) is 7.11 Å². The summed E-state index contributed by atoms with van der Waals surface area (Å²) in [5, 5.41) is 0. The molecule has 0 saturated heterocycles. The van der Waals surface area contributed by atoms with Crippen molar-refractivity contribution in [3.8, 4) is 16.9 Å². The van der Waals surface area contributed by atoms with Crippen molar-refractivity contribution in [3.63, 3.8) is 0 Å². The zero-order valence-corrected chi connectivity index (χ0v) is 16.0. The molecule has 0 amide bonds. The van der Waals surface area contributed by atoms with Gasteiger partial charge < -0.3 is 14.0 Å². The van der Waals surface area contributed by atoms with Crippen LogP contribution in [0.25, 0.3) is 11.1 Å². The number of carbonyl (C=O) groups excluding carboxylic acids is 1. The Kier molecular flexibility index (Phi) is 5.16. The second kappa shape index (κ2) is 7.91. The highest BCUT2D eigenvalue weighted by atomic mass is 19.1. The fourth-order valence-corrected chi connectivity index (χ4v) is 3.67. The highest BCUT2D eigenvalue weighted by molar-refractivity contribution is 5.92. The third kappa shape index (κ3) is 3.66. The average Bonchev–Trinajstić information content (AvgIpc) is 3.24. The molecule has 0 bridgehead atoms. The molecule has 0 radical (unpaired) electrons. The summed E-state index contributed by atoms with van der Waals surface area (Å²) in [6.45, 7) is 0.765. The maximum Gasteiger partial charge on any atom is 0.339 e. The first-order valence-corrected chi connectivity index (χ1v) is 9.40. The predicted octanol–water partition coefficient (Wildman–Crippen LogP) is 3.97. The van der Waals surface area contributed by atoms with E-state index in [-0.39, 0.29) is 17.9 Å². The van der Waals surface area contributed by atoms with Gasteiger partial charge in [-0.2, -0.15) is 0 Å². The number of pyridine rings is 1. The Balaban J connectivity index is 1.81. The number of fused-ring (bicyclic) bond motifs is 1. The number of nitrogens with zero attached hydrogens (tertiary/aromatic N) is 1. The van der Waals surface area contributed by atoms with Gasteiger partial charge in [0.1, 0.15) is 18.2 Å². The van der Waals surface area contributed by atoms with Crippen molar-refractivity contribution in [1.29, 1.82) is 0 Å². The van der Waals surface area contributed by atoms with Gasteiger partial charge in [-0.1, -0.05) is 30.3 Å². The molecule has 2 aromatic carbocycles. The van der Waals surface area contributed by atoms with E-state index >= 15 is 0 Å². The first-order chi connectivity index (χ1) is 14.1. The monoisotopic (exact) mass is 393 g/mol. The highest BCUT2D eigenvalue weighted by Gasteiger charge is 2.25. The molecule has 29 heavy (non-hydrogen) atoms. The molecule has 0 saturated carbocycles. The molecule has 0 atom stereocenters. The summed E-state index contributed by atoms with van der Waals surface area (Å²) in [5.74, 6) is -0.711. The smallest absolute Gasteiger partial charge is 0.339 e. The van der Waals surface area contributed by atoms with Crippen LogP contribution in [0.4, 0.5) is 4.39 Å². The second-order valence-electron chi connectivity index (χ2n) is 6.89. The number of carbonyl (C=O) groups is 1. The molecule has 1 aromatic heterocycles. The summed E-state index contributed by atoms with van der Waals surface area (Å²) in [6.07, 6.45) is 1.42. The summed E-state index contributed by atoms with van der Waals surface area (Å²) < 4.78 is 26.3. The van der Waals surface area contributed by atoms with E-state index in [4.69, 9.17) is 9.47 Å². The quantitative estimate of drug-likeness (QED) is 0.616. The van der Waals surface area contributed by atoms with E-state index in [2.05, 4.69) is 0 Å². The first kappa shape index (κ1) is 18.9. The lowest BCUT2D eigenvalue weighted by molar-refractivity contribution is 0.0598. The van der Waals surface area contributed by atoms with E-state index in [1.54, 1.807) is 4.57 Å². The van der Waals surface area contributed by atoms with Gasteiger partial charge in [-0.3, -0.25) is 4.79 Å². The molecule has 6 heteroatoms. The number of esters is 1. The Bertz CT molecular complexity index is 1120. The van der Waals surface area contributed by atoms with Crippen molar-refractivity contribution in [2.24, 2.45) is 0 Å². The van der Waals surface area contributed by atoms with Crippen molar-refractivity contribution in [3.05, 3.63) is 87.6 Å². The van der Waals surface area contributed by atoms with E-state index in [9.17, 15) is 14.0 Å². The normalized spacial score (nSPS) is 12.5. The summed E-state index contributed by atoms with van der Waals surface area (Å²) in [5.41, 5.74) is 2.47. The third-order valence-electron chi connectivity index (χ3n) is 5.07. The number of ether oxygens (including phenoxy) is 2. The molecule has 0 unspecified atom stereocenters. The number of halogens is 1. The zero-order chi connectivity index (χ0) is 20.4. The van der Waals surface area contributed by atoms with Gasteiger partial charge in [0.25, 0.3) is 5.56 Å². The van der Waals surface area contributed by atoms with Crippen LogP contribution < -0.4 is 10.3 Å². The highest BCUT2D eigenvalue weighted by Crippen LogP contribution is 2.32. The van der Waals surface area contributed by atoms with E-state index in [0.29, 0.717) is 35.3 Å². The lowest BCUT2D eigenvalue weighted by Crippen LogP contribution is -2.24. The number of methoxy groups -OCH3 is 1. The van der Waals surface area contributed by atoms with Crippen LogP contribution >= 0.6 is 0 Å². The lowest BCUT2D eigenvalue weighted by Gasteiger charge is -2.15. The molecule has 3 aromatic rings. The maximum atomic E-state index is 13.9. The summed E-state index contributed by atoms with van der Waals surface area (Å²) in [4.78, 5) is 25.4. The molecule has 0 aliphatic carbocycles. The molecule has 5 nitrogen and oxygen atoms in total. The van der Waals surface area contributed by atoms with Gasteiger partial charge >= 0.3 is 5.97 Å². The SMILES string of the molecule is COC(=O)c1cc(-c2ccc(F)cc2OCc2ccccc2)c(=O)n2c1CCC2. The Morgan fingerprint density at radius 3 is 2.66 bits per heavy atom. The number of rotatable bonds is 5. The summed E-state index contributed by atoms with van der Waals surface area (Å²) >= 11 is 0. The van der Waals surface area contributed by atoms with Gasteiger partial charge in [0, 0.05) is 23.9 Å². The Hall–Kier alpha value is -3.41. The van der Waals surface area contributed by atoms with Crippen molar-refractivity contribution < 1.29 is 18.7 Å². The fourth-order valence-electron chi connectivity index (χ4n) is 3.67. The first-order valence-electron chi connectivity index (χ1n) is 9.40. The van der Waals surface area contributed by atoms with E-state index < -0.39 is 11.8 Å². The van der Waals surface area contributed by atoms with Crippen molar-refractivity contribution in [1.82, 2.24) is 4.57 Å². The third-order valence-corrected chi connectivity index (χ3v) is 5.07. The Morgan fingerprint density at radius 1 is 1.10 bits per heavy atom. The minimum atomic E-state index is -0.495. The van der Waals surface area contributed by atoms with Crippen LogP contribution in [0.2, 0.25) is 0 Å². The molecule has 0 spiro atoms. The van der Waals surface area contributed by atoms with Gasteiger partial charge in [0.2, 0.25) is 0 Å². The molecule has 0 fully saturated rings. The fraction of sp³-hybridized carbons (Fsp3) is 0.217. The molecular formula is C23H20FNO4. The van der Waals surface area contributed by atoms with Crippen LogP contribution in [-0.4, -0.2) is 17.6 Å². The van der Waals surface area contributed by atoms with E-state index in [0.717, 1.165) is 12.0 Å². The van der Waals surface area contributed by atoms with Crippen LogP contribution in [0.1, 0.15) is 28.0 Å². The molecule has 1 aliphatic rings. The summed E-state index contributed by atoms with van der Waals surface area (Å²) in [7, 11) is 1.31. The van der Waals surface area contributed by atoms with Crippen molar-refractivity contribution in [2.45, 2.75) is 26.0 Å². The number of hydrogen-bond acceptors (Lipinski definition) is 4. The average molecular weight is 393 g/mol. The standard InChI is InChI=1S/C23H20FNO4/c1-28-23(27)19-13-18(22(26)25-11-5-8-20(19)25)17-10-9-16(24)12-21(17)29-14-15-6-3-2-4-7-15/h2-4,6-7,9-10,12-13H,5,8,11,14H2,1H3. The molecule has 148 valence electrons. The molecule has 4 rings (SSSR count). The molecule has 2 heterocycles. The van der Waals surface area contributed by atoms with Gasteiger partial charge in [0.05, 0.1) is 18.2 Å². The van der Waals surface area contributed by atoms with Crippen LogP contribution in [0, 0.1) is 5.82 Å². The van der Waals surface area contributed by atoms with Crippen LogP contribution in [0.15, 0.2) is 59.4 Å². The van der Waals surface area contributed by atoms with Crippen LogP contribution in [-0.2, 0) is 24.3 Å². The van der Waals surface area contributed by atoms with Crippen molar-refractivity contribution >= 4 is 5.97 Å².